The molecule has 0 saturated carbocycles. The molecule has 2 bridgehead atoms. The van der Waals surface area contributed by atoms with Crippen LogP contribution < -0.4 is 0 Å². The maximum Gasteiger partial charge on any atom is 0.147 e. The predicted octanol–water partition coefficient (Wildman–Crippen LogP) is 1.94. The van der Waals surface area contributed by atoms with E-state index in [9.17, 15) is 0 Å². The first-order chi connectivity index (χ1) is 7.33. The lowest BCUT2D eigenvalue weighted by Gasteiger charge is -2.44. The minimum Gasteiger partial charge on any atom is -0.303 e. The Kier molecular flexibility index (Phi) is 2.37. The van der Waals surface area contributed by atoms with Gasteiger partial charge in [0.2, 0.25) is 0 Å². The zero-order valence-electron chi connectivity index (χ0n) is 8.56. The first-order valence-electron chi connectivity index (χ1n) is 5.53. The van der Waals surface area contributed by atoms with Crippen molar-refractivity contribution >= 4 is 11.6 Å². The molecule has 3 aliphatic rings. The fraction of sp³-hybridized carbons (Fsp3) is 0.636. The zero-order chi connectivity index (χ0) is 10.3. The van der Waals surface area contributed by atoms with Gasteiger partial charge in [-0.15, -0.1) is 0 Å². The largest absolute Gasteiger partial charge is 0.303 e. The van der Waals surface area contributed by atoms with E-state index in [0.29, 0.717) is 11.1 Å². The van der Waals surface area contributed by atoms with Gasteiger partial charge in [-0.3, -0.25) is 4.98 Å². The molecule has 0 N–H and O–H groups in total. The summed E-state index contributed by atoms with van der Waals surface area (Å²) in [5.41, 5.74) is 1.08. The van der Waals surface area contributed by atoms with Gasteiger partial charge in [-0.2, -0.15) is 0 Å². The third-order valence-corrected chi connectivity index (χ3v) is 3.84. The summed E-state index contributed by atoms with van der Waals surface area (Å²) in [5, 5.41) is 0.518. The first-order valence-corrected chi connectivity index (χ1v) is 5.90. The quantitative estimate of drug-likeness (QED) is 0.729. The number of nitrogens with zero attached hydrogens (tertiary/aromatic N) is 3. The molecule has 0 radical (unpaired) electrons. The normalized spacial score (nSPS) is 34.3. The van der Waals surface area contributed by atoms with Gasteiger partial charge in [0.15, 0.2) is 0 Å². The Morgan fingerprint density at radius 1 is 1.27 bits per heavy atom. The van der Waals surface area contributed by atoms with Gasteiger partial charge in [-0.25, -0.2) is 4.98 Å². The van der Waals surface area contributed by atoms with Crippen LogP contribution in [0.4, 0.5) is 0 Å². The molecule has 4 rings (SSSR count). The number of halogens is 1. The fourth-order valence-corrected chi connectivity index (χ4v) is 2.99. The Bertz CT molecular complexity index is 361. The van der Waals surface area contributed by atoms with Crippen LogP contribution in [0.1, 0.15) is 24.5 Å². The van der Waals surface area contributed by atoms with Crippen molar-refractivity contribution in [1.29, 1.82) is 0 Å². The summed E-state index contributed by atoms with van der Waals surface area (Å²) >= 11 is 5.88. The average molecular weight is 224 g/mol. The van der Waals surface area contributed by atoms with Gasteiger partial charge in [0.25, 0.3) is 0 Å². The molecular formula is C11H14ClN3. The van der Waals surface area contributed by atoms with Crippen molar-refractivity contribution in [3.8, 4) is 0 Å². The van der Waals surface area contributed by atoms with Gasteiger partial charge in [-0.05, 0) is 31.8 Å². The standard InChI is InChI=1S/C11H14ClN3/c12-11-6-13-5-10(14-11)9-7-15-3-1-8(9)2-4-15/h5-6,8-9H,1-4,7H2. The average Bonchev–Trinajstić information content (AvgIpc) is 2.30. The third kappa shape index (κ3) is 1.74. The summed E-state index contributed by atoms with van der Waals surface area (Å²) in [5.74, 6) is 1.35. The number of fused-ring (bicyclic) bond motifs is 3. The van der Waals surface area contributed by atoms with Crippen LogP contribution in [0, 0.1) is 5.92 Å². The number of piperidine rings is 3. The van der Waals surface area contributed by atoms with Gasteiger partial charge < -0.3 is 4.90 Å². The van der Waals surface area contributed by atoms with Crippen molar-refractivity contribution < 1.29 is 0 Å². The van der Waals surface area contributed by atoms with Crippen molar-refractivity contribution in [3.05, 3.63) is 23.2 Å². The molecule has 0 spiro atoms. The lowest BCUT2D eigenvalue weighted by Crippen LogP contribution is -2.46. The summed E-state index contributed by atoms with van der Waals surface area (Å²) in [7, 11) is 0. The summed E-state index contributed by atoms with van der Waals surface area (Å²) in [4.78, 5) is 11.0. The number of rotatable bonds is 1. The minimum atomic E-state index is 0.518. The molecule has 3 nitrogen and oxygen atoms in total. The van der Waals surface area contributed by atoms with Crippen LogP contribution in [-0.4, -0.2) is 34.5 Å². The molecular weight excluding hydrogens is 210 g/mol. The van der Waals surface area contributed by atoms with Gasteiger partial charge >= 0.3 is 0 Å². The van der Waals surface area contributed by atoms with E-state index in [1.54, 1.807) is 6.20 Å². The molecule has 3 aliphatic heterocycles. The highest BCUT2D eigenvalue weighted by Gasteiger charge is 2.35. The fourth-order valence-electron chi connectivity index (χ4n) is 2.83. The smallest absolute Gasteiger partial charge is 0.147 e. The summed E-state index contributed by atoms with van der Waals surface area (Å²) in [6, 6.07) is 0. The second kappa shape index (κ2) is 3.72. The maximum atomic E-state index is 5.88. The Hall–Kier alpha value is -0.670. The number of aromatic nitrogens is 2. The highest BCUT2D eigenvalue weighted by molar-refractivity contribution is 6.29. The monoisotopic (exact) mass is 223 g/mol. The Morgan fingerprint density at radius 3 is 2.67 bits per heavy atom. The van der Waals surface area contributed by atoms with Crippen molar-refractivity contribution in [2.45, 2.75) is 18.8 Å². The molecule has 3 fully saturated rings. The van der Waals surface area contributed by atoms with Crippen LogP contribution in [0.15, 0.2) is 12.4 Å². The van der Waals surface area contributed by atoms with E-state index >= 15 is 0 Å². The van der Waals surface area contributed by atoms with Crippen LogP contribution in [0.5, 0.6) is 0 Å². The molecule has 1 aromatic rings. The minimum absolute atomic E-state index is 0.518. The second-order valence-corrected chi connectivity index (χ2v) is 4.90. The van der Waals surface area contributed by atoms with Crippen molar-refractivity contribution in [2.75, 3.05) is 19.6 Å². The van der Waals surface area contributed by atoms with Crippen molar-refractivity contribution in [2.24, 2.45) is 5.92 Å². The van der Waals surface area contributed by atoms with Crippen LogP contribution >= 0.6 is 11.6 Å². The van der Waals surface area contributed by atoms with Crippen LogP contribution in [0.25, 0.3) is 0 Å². The zero-order valence-corrected chi connectivity index (χ0v) is 9.32. The number of hydrogen-bond donors (Lipinski definition) is 0. The maximum absolute atomic E-state index is 5.88. The van der Waals surface area contributed by atoms with E-state index in [1.165, 1.54) is 25.9 Å². The molecule has 1 aromatic heterocycles. The molecule has 1 unspecified atom stereocenters. The molecule has 0 aromatic carbocycles. The van der Waals surface area contributed by atoms with Gasteiger partial charge in [0.05, 0.1) is 11.9 Å². The lowest BCUT2D eigenvalue weighted by atomic mass is 9.77. The second-order valence-electron chi connectivity index (χ2n) is 4.51. The van der Waals surface area contributed by atoms with Crippen molar-refractivity contribution in [1.82, 2.24) is 14.9 Å². The van der Waals surface area contributed by atoms with Crippen molar-refractivity contribution in [3.63, 3.8) is 0 Å². The topological polar surface area (TPSA) is 29.0 Å². The van der Waals surface area contributed by atoms with E-state index in [-0.39, 0.29) is 0 Å². The Morgan fingerprint density at radius 2 is 2.07 bits per heavy atom. The van der Waals surface area contributed by atoms with E-state index in [4.69, 9.17) is 11.6 Å². The summed E-state index contributed by atoms with van der Waals surface area (Å²) in [6.07, 6.45) is 6.09. The highest BCUT2D eigenvalue weighted by Crippen LogP contribution is 2.37. The Labute approximate surface area is 94.5 Å². The summed E-state index contributed by atoms with van der Waals surface area (Å²) < 4.78 is 0. The first kappa shape index (κ1) is 9.55. The molecule has 80 valence electrons. The van der Waals surface area contributed by atoms with E-state index in [1.807, 2.05) is 6.20 Å². The molecule has 4 heterocycles. The third-order valence-electron chi connectivity index (χ3n) is 3.66. The van der Waals surface area contributed by atoms with E-state index in [2.05, 4.69) is 14.9 Å². The molecule has 15 heavy (non-hydrogen) atoms. The van der Waals surface area contributed by atoms with E-state index in [0.717, 1.165) is 18.2 Å². The predicted molar refractivity (Wildman–Crippen MR) is 58.9 cm³/mol. The molecule has 3 saturated heterocycles. The Balaban J connectivity index is 1.88. The van der Waals surface area contributed by atoms with Gasteiger partial charge in [-0.1, -0.05) is 11.6 Å². The van der Waals surface area contributed by atoms with Gasteiger partial charge in [0, 0.05) is 18.7 Å². The lowest BCUT2D eigenvalue weighted by molar-refractivity contribution is 0.0853. The van der Waals surface area contributed by atoms with Crippen LogP contribution in [-0.2, 0) is 0 Å². The van der Waals surface area contributed by atoms with Gasteiger partial charge in [0.1, 0.15) is 5.15 Å². The summed E-state index contributed by atoms with van der Waals surface area (Å²) in [6.45, 7) is 3.66. The molecule has 4 heteroatoms. The highest BCUT2D eigenvalue weighted by atomic mass is 35.5. The SMILES string of the molecule is Clc1cncc(C2CN3CCC2CC3)n1. The molecule has 0 aliphatic carbocycles. The van der Waals surface area contributed by atoms with Crippen LogP contribution in [0.2, 0.25) is 5.15 Å². The molecule has 1 atom stereocenters. The number of hydrogen-bond acceptors (Lipinski definition) is 3. The molecule has 0 amide bonds. The van der Waals surface area contributed by atoms with E-state index < -0.39 is 0 Å². The van der Waals surface area contributed by atoms with Crippen LogP contribution in [0.3, 0.4) is 0 Å².